The highest BCUT2D eigenvalue weighted by Gasteiger charge is 2.24. The molecule has 1 aromatic carbocycles. The summed E-state index contributed by atoms with van der Waals surface area (Å²) in [7, 11) is 0. The average Bonchev–Trinajstić information content (AvgIpc) is 3.13. The summed E-state index contributed by atoms with van der Waals surface area (Å²) in [4.78, 5) is 28.4. The van der Waals surface area contributed by atoms with Gasteiger partial charge in [0.2, 0.25) is 11.7 Å². The molecule has 2 aromatic rings. The second-order valence-corrected chi connectivity index (χ2v) is 6.98. The SMILES string of the molecule is Cc1cc(C(=O)N2CCN(CCC(=O)Nc3ccc(C#N)c(Cl)c3)CC2)on1. The van der Waals surface area contributed by atoms with Gasteiger partial charge >= 0.3 is 0 Å². The quantitative estimate of drug-likeness (QED) is 0.824. The van der Waals surface area contributed by atoms with Crippen molar-refractivity contribution in [1.82, 2.24) is 15.0 Å². The van der Waals surface area contributed by atoms with Crippen LogP contribution in [0.3, 0.4) is 0 Å². The summed E-state index contributed by atoms with van der Waals surface area (Å²) in [5.74, 6) is -0.0292. The van der Waals surface area contributed by atoms with Crippen LogP contribution >= 0.6 is 11.6 Å². The van der Waals surface area contributed by atoms with Crippen LogP contribution < -0.4 is 5.32 Å². The van der Waals surface area contributed by atoms with E-state index in [1.54, 1.807) is 36.1 Å². The van der Waals surface area contributed by atoms with Crippen molar-refractivity contribution >= 4 is 29.1 Å². The molecule has 3 rings (SSSR count). The Labute approximate surface area is 167 Å². The van der Waals surface area contributed by atoms with Crippen molar-refractivity contribution in [3.63, 3.8) is 0 Å². The van der Waals surface area contributed by atoms with Gasteiger partial charge in [0.1, 0.15) is 6.07 Å². The van der Waals surface area contributed by atoms with Crippen LogP contribution in [-0.4, -0.2) is 59.5 Å². The van der Waals surface area contributed by atoms with Crippen LogP contribution in [0, 0.1) is 18.3 Å². The Hall–Kier alpha value is -2.89. The number of piperazine rings is 1. The molecule has 1 N–H and O–H groups in total. The van der Waals surface area contributed by atoms with E-state index in [4.69, 9.17) is 21.4 Å². The third-order valence-electron chi connectivity index (χ3n) is 4.53. The van der Waals surface area contributed by atoms with Crippen molar-refractivity contribution in [3.8, 4) is 6.07 Å². The molecule has 2 amide bonds. The molecule has 2 heterocycles. The predicted octanol–water partition coefficient (Wildman–Crippen LogP) is 2.29. The maximum absolute atomic E-state index is 12.3. The van der Waals surface area contributed by atoms with Gasteiger partial charge in [-0.1, -0.05) is 16.8 Å². The minimum absolute atomic E-state index is 0.128. The lowest BCUT2D eigenvalue weighted by atomic mass is 10.2. The fourth-order valence-corrected chi connectivity index (χ4v) is 3.18. The van der Waals surface area contributed by atoms with Crippen molar-refractivity contribution in [2.24, 2.45) is 0 Å². The maximum atomic E-state index is 12.3. The van der Waals surface area contributed by atoms with Crippen LogP contribution in [0.25, 0.3) is 0 Å². The standard InChI is InChI=1S/C19H20ClN5O3/c1-13-10-17(28-23-13)19(27)25-8-6-24(7-9-25)5-4-18(26)22-15-3-2-14(12-21)16(20)11-15/h2-3,10-11H,4-9H2,1H3,(H,22,26). The molecule has 1 saturated heterocycles. The first-order valence-electron chi connectivity index (χ1n) is 8.90. The Morgan fingerprint density at radius 3 is 2.64 bits per heavy atom. The molecular weight excluding hydrogens is 382 g/mol. The number of anilines is 1. The lowest BCUT2D eigenvalue weighted by molar-refractivity contribution is -0.116. The van der Waals surface area contributed by atoms with Gasteiger partial charge < -0.3 is 14.7 Å². The van der Waals surface area contributed by atoms with Crippen molar-refractivity contribution < 1.29 is 14.1 Å². The molecule has 1 aliphatic heterocycles. The highest BCUT2D eigenvalue weighted by Crippen LogP contribution is 2.20. The van der Waals surface area contributed by atoms with E-state index >= 15 is 0 Å². The smallest absolute Gasteiger partial charge is 0.292 e. The number of rotatable bonds is 5. The van der Waals surface area contributed by atoms with Gasteiger partial charge in [0.05, 0.1) is 16.3 Å². The number of carbonyl (C=O) groups is 2. The Kier molecular flexibility index (Phi) is 6.29. The molecule has 0 unspecified atom stereocenters. The van der Waals surface area contributed by atoms with Gasteiger partial charge in [-0.25, -0.2) is 0 Å². The minimum atomic E-state index is -0.157. The first-order chi connectivity index (χ1) is 13.5. The largest absolute Gasteiger partial charge is 0.351 e. The summed E-state index contributed by atoms with van der Waals surface area (Å²) in [6.45, 7) is 4.90. The second-order valence-electron chi connectivity index (χ2n) is 6.57. The number of nitriles is 1. The molecule has 146 valence electrons. The molecule has 0 saturated carbocycles. The fourth-order valence-electron chi connectivity index (χ4n) is 2.96. The van der Waals surface area contributed by atoms with Crippen LogP contribution in [0.2, 0.25) is 5.02 Å². The molecule has 0 bridgehead atoms. The van der Waals surface area contributed by atoms with Gasteiger partial charge in [-0.15, -0.1) is 0 Å². The molecule has 0 radical (unpaired) electrons. The topological polar surface area (TPSA) is 102 Å². The predicted molar refractivity (Wildman–Crippen MR) is 103 cm³/mol. The molecule has 1 aromatic heterocycles. The molecular formula is C19H20ClN5O3. The molecule has 28 heavy (non-hydrogen) atoms. The lowest BCUT2D eigenvalue weighted by Gasteiger charge is -2.34. The normalized spacial score (nSPS) is 14.5. The summed E-state index contributed by atoms with van der Waals surface area (Å²) in [5, 5.41) is 15.7. The fraction of sp³-hybridized carbons (Fsp3) is 0.368. The van der Waals surface area contributed by atoms with E-state index < -0.39 is 0 Å². The Morgan fingerprint density at radius 1 is 1.29 bits per heavy atom. The summed E-state index contributed by atoms with van der Waals surface area (Å²) in [6.07, 6.45) is 0.326. The summed E-state index contributed by atoms with van der Waals surface area (Å²) >= 11 is 5.97. The average molecular weight is 402 g/mol. The van der Waals surface area contributed by atoms with Crippen molar-refractivity contribution in [3.05, 3.63) is 46.3 Å². The number of halogens is 1. The Morgan fingerprint density at radius 2 is 2.04 bits per heavy atom. The summed E-state index contributed by atoms with van der Waals surface area (Å²) in [5.41, 5.74) is 1.61. The van der Waals surface area contributed by atoms with Crippen LogP contribution in [0.1, 0.15) is 28.2 Å². The molecule has 0 aliphatic carbocycles. The molecule has 9 heteroatoms. The second kappa shape index (κ2) is 8.87. The number of nitrogens with one attached hydrogen (secondary N) is 1. The van der Waals surface area contributed by atoms with Gasteiger partial charge in [0, 0.05) is 50.9 Å². The lowest BCUT2D eigenvalue weighted by Crippen LogP contribution is -2.49. The van der Waals surface area contributed by atoms with E-state index in [-0.39, 0.29) is 17.6 Å². The zero-order chi connectivity index (χ0) is 20.1. The van der Waals surface area contributed by atoms with Crippen molar-refractivity contribution in [2.45, 2.75) is 13.3 Å². The van der Waals surface area contributed by atoms with E-state index in [0.29, 0.717) is 61.1 Å². The van der Waals surface area contributed by atoms with Gasteiger partial charge in [0.15, 0.2) is 0 Å². The number of carbonyl (C=O) groups excluding carboxylic acids is 2. The van der Waals surface area contributed by atoms with E-state index in [0.717, 1.165) is 0 Å². The minimum Gasteiger partial charge on any atom is -0.351 e. The zero-order valence-corrected chi connectivity index (χ0v) is 16.2. The maximum Gasteiger partial charge on any atom is 0.292 e. The van der Waals surface area contributed by atoms with Gasteiger partial charge in [-0.2, -0.15) is 5.26 Å². The summed E-state index contributed by atoms with van der Waals surface area (Å²) in [6, 6.07) is 8.40. The first kappa shape index (κ1) is 19.9. The van der Waals surface area contributed by atoms with E-state index in [1.165, 1.54) is 0 Å². The van der Waals surface area contributed by atoms with Gasteiger partial charge in [-0.05, 0) is 25.1 Å². The first-order valence-corrected chi connectivity index (χ1v) is 9.28. The molecule has 8 nitrogen and oxygen atoms in total. The highest BCUT2D eigenvalue weighted by atomic mass is 35.5. The number of nitrogens with zero attached hydrogens (tertiary/aromatic N) is 4. The van der Waals surface area contributed by atoms with Gasteiger partial charge in [-0.3, -0.25) is 14.5 Å². The monoisotopic (exact) mass is 401 g/mol. The van der Waals surface area contributed by atoms with Crippen molar-refractivity contribution in [2.75, 3.05) is 38.0 Å². The zero-order valence-electron chi connectivity index (χ0n) is 15.4. The van der Waals surface area contributed by atoms with Crippen molar-refractivity contribution in [1.29, 1.82) is 5.26 Å². The molecule has 1 aliphatic rings. The van der Waals surface area contributed by atoms with E-state index in [1.807, 2.05) is 6.07 Å². The molecule has 0 atom stereocenters. The van der Waals surface area contributed by atoms with Crippen LogP contribution in [0.15, 0.2) is 28.8 Å². The third-order valence-corrected chi connectivity index (χ3v) is 4.84. The van der Waals surface area contributed by atoms with Crippen LogP contribution in [0.5, 0.6) is 0 Å². The molecule has 0 spiro atoms. The highest BCUT2D eigenvalue weighted by molar-refractivity contribution is 6.32. The number of hydrogen-bond acceptors (Lipinski definition) is 6. The third kappa shape index (κ3) is 4.88. The Balaban J connectivity index is 1.42. The summed E-state index contributed by atoms with van der Waals surface area (Å²) < 4.78 is 5.03. The van der Waals surface area contributed by atoms with E-state index in [2.05, 4.69) is 15.4 Å². The number of aryl methyl sites for hydroxylation is 1. The molecule has 1 fully saturated rings. The number of hydrogen-bond donors (Lipinski definition) is 1. The number of amides is 2. The van der Waals surface area contributed by atoms with Crippen LogP contribution in [-0.2, 0) is 4.79 Å². The number of benzene rings is 1. The van der Waals surface area contributed by atoms with Crippen LogP contribution in [0.4, 0.5) is 5.69 Å². The Bertz CT molecular complexity index is 913. The van der Waals surface area contributed by atoms with E-state index in [9.17, 15) is 9.59 Å². The number of aromatic nitrogens is 1. The van der Waals surface area contributed by atoms with Gasteiger partial charge in [0.25, 0.3) is 5.91 Å².